The molecule has 112 valence electrons. The van der Waals surface area contributed by atoms with Crippen LogP contribution in [0.3, 0.4) is 0 Å². The lowest BCUT2D eigenvalue weighted by molar-refractivity contribution is -0.135. The maximum absolute atomic E-state index is 13.6. The van der Waals surface area contributed by atoms with Crippen LogP contribution in [0.15, 0.2) is 18.2 Å². The molecule has 0 aliphatic carbocycles. The standard InChI is InChI=1S/C15H23FN2O2/c1-10(2)12(8-17)15(19)18(3)9-11-5-6-14(20-4)13(16)7-11/h5-7,10,12H,8-9,17H2,1-4H3. The van der Waals surface area contributed by atoms with Crippen LogP contribution in [0.1, 0.15) is 19.4 Å². The van der Waals surface area contributed by atoms with Gasteiger partial charge in [-0.3, -0.25) is 4.79 Å². The number of carbonyl (C=O) groups is 1. The minimum absolute atomic E-state index is 0.0151. The van der Waals surface area contributed by atoms with Crippen molar-refractivity contribution in [3.8, 4) is 5.75 Å². The summed E-state index contributed by atoms with van der Waals surface area (Å²) in [4.78, 5) is 13.8. The Hall–Kier alpha value is -1.62. The predicted octanol–water partition coefficient (Wildman–Crippen LogP) is 2.02. The molecule has 0 saturated heterocycles. The van der Waals surface area contributed by atoms with E-state index in [2.05, 4.69) is 0 Å². The summed E-state index contributed by atoms with van der Waals surface area (Å²) in [6.07, 6.45) is 0. The molecule has 20 heavy (non-hydrogen) atoms. The molecule has 0 bridgehead atoms. The van der Waals surface area contributed by atoms with Gasteiger partial charge >= 0.3 is 0 Å². The maximum atomic E-state index is 13.6. The van der Waals surface area contributed by atoms with Crippen LogP contribution >= 0.6 is 0 Å². The van der Waals surface area contributed by atoms with Gasteiger partial charge < -0.3 is 15.4 Å². The molecule has 1 atom stereocenters. The number of nitrogens with zero attached hydrogens (tertiary/aromatic N) is 1. The lowest BCUT2D eigenvalue weighted by atomic mass is 9.94. The largest absolute Gasteiger partial charge is 0.494 e. The number of hydrogen-bond acceptors (Lipinski definition) is 3. The van der Waals surface area contributed by atoms with Crippen molar-refractivity contribution in [2.24, 2.45) is 17.6 Å². The SMILES string of the molecule is COc1ccc(CN(C)C(=O)C(CN)C(C)C)cc1F. The Balaban J connectivity index is 2.77. The van der Waals surface area contributed by atoms with Crippen molar-refractivity contribution in [2.75, 3.05) is 20.7 Å². The summed E-state index contributed by atoms with van der Waals surface area (Å²) in [5, 5.41) is 0. The van der Waals surface area contributed by atoms with Crippen molar-refractivity contribution in [2.45, 2.75) is 20.4 Å². The smallest absolute Gasteiger partial charge is 0.227 e. The zero-order chi connectivity index (χ0) is 15.3. The van der Waals surface area contributed by atoms with E-state index in [0.29, 0.717) is 13.1 Å². The Labute approximate surface area is 119 Å². The Morgan fingerprint density at radius 1 is 1.45 bits per heavy atom. The molecule has 1 aromatic carbocycles. The molecule has 0 aliphatic rings. The molecule has 5 heteroatoms. The highest BCUT2D eigenvalue weighted by Crippen LogP contribution is 2.19. The van der Waals surface area contributed by atoms with Gasteiger partial charge in [-0.1, -0.05) is 19.9 Å². The summed E-state index contributed by atoms with van der Waals surface area (Å²) in [5.74, 6) is -0.265. The molecule has 0 spiro atoms. The van der Waals surface area contributed by atoms with E-state index in [1.165, 1.54) is 13.2 Å². The van der Waals surface area contributed by atoms with Crippen LogP contribution in [0, 0.1) is 17.7 Å². The lowest BCUT2D eigenvalue weighted by Gasteiger charge is -2.25. The summed E-state index contributed by atoms with van der Waals surface area (Å²) in [6.45, 7) is 4.60. The van der Waals surface area contributed by atoms with Crippen LogP contribution in [0.4, 0.5) is 4.39 Å². The highest BCUT2D eigenvalue weighted by molar-refractivity contribution is 5.79. The van der Waals surface area contributed by atoms with E-state index in [0.717, 1.165) is 5.56 Å². The van der Waals surface area contributed by atoms with Crippen molar-refractivity contribution >= 4 is 5.91 Å². The number of amides is 1. The van der Waals surface area contributed by atoms with Gasteiger partial charge in [0.15, 0.2) is 11.6 Å². The Bertz CT molecular complexity index is 463. The lowest BCUT2D eigenvalue weighted by Crippen LogP contribution is -2.38. The molecule has 0 aliphatic heterocycles. The van der Waals surface area contributed by atoms with Crippen molar-refractivity contribution in [1.29, 1.82) is 0 Å². The fraction of sp³-hybridized carbons (Fsp3) is 0.533. The van der Waals surface area contributed by atoms with E-state index in [1.807, 2.05) is 13.8 Å². The molecule has 2 N–H and O–H groups in total. The first-order valence-corrected chi connectivity index (χ1v) is 6.68. The van der Waals surface area contributed by atoms with Crippen LogP contribution < -0.4 is 10.5 Å². The predicted molar refractivity (Wildman–Crippen MR) is 76.8 cm³/mol. The topological polar surface area (TPSA) is 55.6 Å². The molecule has 0 heterocycles. The Kier molecular flexibility index (Phi) is 5.95. The molecule has 1 unspecified atom stereocenters. The number of rotatable bonds is 6. The third kappa shape index (κ3) is 3.93. The first-order valence-electron chi connectivity index (χ1n) is 6.68. The van der Waals surface area contributed by atoms with Crippen LogP contribution in [0.2, 0.25) is 0 Å². The Morgan fingerprint density at radius 2 is 2.10 bits per heavy atom. The monoisotopic (exact) mass is 282 g/mol. The molecule has 0 saturated carbocycles. The fourth-order valence-corrected chi connectivity index (χ4v) is 2.10. The summed E-state index contributed by atoms with van der Waals surface area (Å²) in [6, 6.07) is 4.69. The Morgan fingerprint density at radius 3 is 2.55 bits per heavy atom. The second-order valence-electron chi connectivity index (χ2n) is 5.25. The highest BCUT2D eigenvalue weighted by Gasteiger charge is 2.23. The first kappa shape index (κ1) is 16.4. The molecule has 1 rings (SSSR count). The fourth-order valence-electron chi connectivity index (χ4n) is 2.10. The van der Waals surface area contributed by atoms with Crippen LogP contribution in [-0.4, -0.2) is 31.5 Å². The first-order chi connectivity index (χ1) is 9.40. The van der Waals surface area contributed by atoms with E-state index < -0.39 is 5.82 Å². The molecule has 1 aromatic rings. The molecule has 0 radical (unpaired) electrons. The average Bonchev–Trinajstić information content (AvgIpc) is 2.39. The van der Waals surface area contributed by atoms with Gasteiger partial charge in [-0.15, -0.1) is 0 Å². The maximum Gasteiger partial charge on any atom is 0.227 e. The number of halogens is 1. The van der Waals surface area contributed by atoms with Crippen molar-refractivity contribution in [3.05, 3.63) is 29.6 Å². The number of hydrogen-bond donors (Lipinski definition) is 1. The number of ether oxygens (including phenoxy) is 1. The van der Waals surface area contributed by atoms with E-state index in [9.17, 15) is 9.18 Å². The van der Waals surface area contributed by atoms with E-state index in [4.69, 9.17) is 10.5 Å². The third-order valence-electron chi connectivity index (χ3n) is 3.39. The van der Waals surface area contributed by atoms with E-state index >= 15 is 0 Å². The number of benzene rings is 1. The molecule has 0 aromatic heterocycles. The summed E-state index contributed by atoms with van der Waals surface area (Å²) in [7, 11) is 3.12. The third-order valence-corrected chi connectivity index (χ3v) is 3.39. The second kappa shape index (κ2) is 7.24. The molecular weight excluding hydrogens is 259 g/mol. The van der Waals surface area contributed by atoms with E-state index in [-0.39, 0.29) is 23.5 Å². The molecular formula is C15H23FN2O2. The van der Waals surface area contributed by atoms with Gasteiger partial charge in [-0.2, -0.15) is 0 Å². The average molecular weight is 282 g/mol. The van der Waals surface area contributed by atoms with Crippen molar-refractivity contribution in [1.82, 2.24) is 4.90 Å². The number of methoxy groups -OCH3 is 1. The van der Waals surface area contributed by atoms with E-state index in [1.54, 1.807) is 24.1 Å². The van der Waals surface area contributed by atoms with Crippen molar-refractivity contribution < 1.29 is 13.9 Å². The van der Waals surface area contributed by atoms with Gasteiger partial charge in [0.2, 0.25) is 5.91 Å². The molecule has 0 fully saturated rings. The van der Waals surface area contributed by atoms with Crippen LogP contribution in [-0.2, 0) is 11.3 Å². The normalized spacial score (nSPS) is 12.3. The van der Waals surface area contributed by atoms with Crippen molar-refractivity contribution in [3.63, 3.8) is 0 Å². The second-order valence-corrected chi connectivity index (χ2v) is 5.25. The van der Waals surface area contributed by atoms with Gasteiger partial charge in [0.05, 0.1) is 13.0 Å². The van der Waals surface area contributed by atoms with Gasteiger partial charge in [-0.25, -0.2) is 4.39 Å². The van der Waals surface area contributed by atoms with Gasteiger partial charge in [0, 0.05) is 20.1 Å². The summed E-state index contributed by atoms with van der Waals surface area (Å²) in [5.41, 5.74) is 6.36. The number of carbonyl (C=O) groups excluding carboxylic acids is 1. The molecule has 1 amide bonds. The van der Waals surface area contributed by atoms with Gasteiger partial charge in [0.25, 0.3) is 0 Å². The van der Waals surface area contributed by atoms with Crippen LogP contribution in [0.5, 0.6) is 5.75 Å². The summed E-state index contributed by atoms with van der Waals surface area (Å²) < 4.78 is 18.5. The number of nitrogens with two attached hydrogens (primary N) is 1. The zero-order valence-electron chi connectivity index (χ0n) is 12.5. The minimum Gasteiger partial charge on any atom is -0.494 e. The highest BCUT2D eigenvalue weighted by atomic mass is 19.1. The van der Waals surface area contributed by atoms with Gasteiger partial charge in [0.1, 0.15) is 0 Å². The van der Waals surface area contributed by atoms with Gasteiger partial charge in [-0.05, 0) is 23.6 Å². The quantitative estimate of drug-likeness (QED) is 0.868. The zero-order valence-corrected chi connectivity index (χ0v) is 12.5. The summed E-state index contributed by atoms with van der Waals surface area (Å²) >= 11 is 0. The minimum atomic E-state index is -0.426. The molecule has 4 nitrogen and oxygen atoms in total. The van der Waals surface area contributed by atoms with Crippen LogP contribution in [0.25, 0.3) is 0 Å².